The van der Waals surface area contributed by atoms with Crippen LogP contribution in [0.25, 0.3) is 0 Å². The lowest BCUT2D eigenvalue weighted by atomic mass is 9.91. The third-order valence-electron chi connectivity index (χ3n) is 7.00. The van der Waals surface area contributed by atoms with Crippen LogP contribution in [0.15, 0.2) is 29.2 Å². The molecular formula is C22H33N3O3S. The molecule has 3 unspecified atom stereocenters. The van der Waals surface area contributed by atoms with Gasteiger partial charge < -0.3 is 16.0 Å². The van der Waals surface area contributed by atoms with Crippen LogP contribution in [0.3, 0.4) is 0 Å². The molecule has 7 heteroatoms. The van der Waals surface area contributed by atoms with Crippen LogP contribution in [0.5, 0.6) is 0 Å². The number of sulfone groups is 1. The third kappa shape index (κ3) is 4.67. The standard InChI is InChI=1S/C22H33N3O3S/c1-15-2-6-18(7-3-15)29(27,28)19-8-4-16(5-9-19)13-24-22(26)21-12-17-14-23-11-10-20(17)25-21/h4-5,8-9,15,17-18,20-21,23,25H,2-3,6-7,10-14H2,1H3,(H,24,26). The molecule has 160 valence electrons. The zero-order chi connectivity index (χ0) is 20.4. The number of rotatable bonds is 5. The molecule has 1 amide bonds. The summed E-state index contributed by atoms with van der Waals surface area (Å²) in [7, 11) is -3.26. The molecular weight excluding hydrogens is 386 g/mol. The monoisotopic (exact) mass is 419 g/mol. The second-order valence-corrected chi connectivity index (χ2v) is 11.3. The summed E-state index contributed by atoms with van der Waals surface area (Å²) in [5.74, 6) is 1.20. The van der Waals surface area contributed by atoms with Crippen LogP contribution >= 0.6 is 0 Å². The molecule has 3 atom stereocenters. The highest BCUT2D eigenvalue weighted by Gasteiger charge is 2.38. The molecule has 2 aliphatic heterocycles. The van der Waals surface area contributed by atoms with Crippen molar-refractivity contribution in [1.29, 1.82) is 0 Å². The number of benzene rings is 1. The van der Waals surface area contributed by atoms with Crippen LogP contribution in [0.2, 0.25) is 0 Å². The van der Waals surface area contributed by atoms with Crippen LogP contribution in [0, 0.1) is 11.8 Å². The summed E-state index contributed by atoms with van der Waals surface area (Å²) >= 11 is 0. The van der Waals surface area contributed by atoms with Crippen molar-refractivity contribution in [2.75, 3.05) is 13.1 Å². The van der Waals surface area contributed by atoms with Crippen molar-refractivity contribution in [3.63, 3.8) is 0 Å². The van der Waals surface area contributed by atoms with Crippen LogP contribution in [0.1, 0.15) is 51.0 Å². The van der Waals surface area contributed by atoms with Gasteiger partial charge in [0.05, 0.1) is 16.2 Å². The van der Waals surface area contributed by atoms with Gasteiger partial charge in [0, 0.05) is 12.6 Å². The Hall–Kier alpha value is -1.44. The van der Waals surface area contributed by atoms with Crippen molar-refractivity contribution >= 4 is 15.7 Å². The summed E-state index contributed by atoms with van der Waals surface area (Å²) in [4.78, 5) is 12.9. The Morgan fingerprint density at radius 2 is 1.83 bits per heavy atom. The lowest BCUT2D eigenvalue weighted by molar-refractivity contribution is -0.123. The first kappa shape index (κ1) is 20.8. The largest absolute Gasteiger partial charge is 0.351 e. The van der Waals surface area contributed by atoms with Crippen molar-refractivity contribution < 1.29 is 13.2 Å². The van der Waals surface area contributed by atoms with Crippen LogP contribution in [-0.2, 0) is 21.2 Å². The van der Waals surface area contributed by atoms with E-state index in [-0.39, 0.29) is 17.2 Å². The topological polar surface area (TPSA) is 87.3 Å². The predicted molar refractivity (Wildman–Crippen MR) is 113 cm³/mol. The molecule has 3 aliphatic rings. The number of carbonyl (C=O) groups is 1. The van der Waals surface area contributed by atoms with Crippen molar-refractivity contribution in [2.45, 2.75) is 74.2 Å². The highest BCUT2D eigenvalue weighted by atomic mass is 32.2. The van der Waals surface area contributed by atoms with Gasteiger partial charge in [-0.2, -0.15) is 0 Å². The lowest BCUT2D eigenvalue weighted by Gasteiger charge is -2.26. The Kier molecular flexibility index (Phi) is 6.27. The van der Waals surface area contributed by atoms with Gasteiger partial charge in [0.1, 0.15) is 0 Å². The summed E-state index contributed by atoms with van der Waals surface area (Å²) in [6.07, 6.45) is 5.44. The maximum atomic E-state index is 12.9. The number of amides is 1. The quantitative estimate of drug-likeness (QED) is 0.679. The zero-order valence-corrected chi connectivity index (χ0v) is 18.0. The lowest BCUT2D eigenvalue weighted by Crippen LogP contribution is -2.45. The molecule has 0 aromatic heterocycles. The highest BCUT2D eigenvalue weighted by molar-refractivity contribution is 7.92. The first-order valence-electron chi connectivity index (χ1n) is 11.0. The molecule has 2 heterocycles. The van der Waals surface area contributed by atoms with Crippen LogP contribution in [-0.4, -0.2) is 44.7 Å². The van der Waals surface area contributed by atoms with E-state index in [0.717, 1.165) is 57.2 Å². The molecule has 3 N–H and O–H groups in total. The minimum absolute atomic E-state index is 0.0347. The summed E-state index contributed by atoms with van der Waals surface area (Å²) in [5.41, 5.74) is 0.923. The van der Waals surface area contributed by atoms with Gasteiger partial charge in [0.2, 0.25) is 5.91 Å². The summed E-state index contributed by atoms with van der Waals surface area (Å²) in [5, 5.41) is 9.61. The van der Waals surface area contributed by atoms with E-state index in [0.29, 0.717) is 29.3 Å². The number of nitrogens with one attached hydrogen (secondary N) is 3. The summed E-state index contributed by atoms with van der Waals surface area (Å²) in [6.45, 7) is 4.61. The molecule has 0 bridgehead atoms. The van der Waals surface area contributed by atoms with Gasteiger partial charge >= 0.3 is 0 Å². The SMILES string of the molecule is CC1CCC(S(=O)(=O)c2ccc(CNC(=O)C3CC4CNCCC4N3)cc2)CC1. The van der Waals surface area contributed by atoms with E-state index >= 15 is 0 Å². The highest BCUT2D eigenvalue weighted by Crippen LogP contribution is 2.31. The van der Waals surface area contributed by atoms with Crippen molar-refractivity contribution in [3.8, 4) is 0 Å². The molecule has 1 aromatic rings. The smallest absolute Gasteiger partial charge is 0.237 e. The van der Waals surface area contributed by atoms with Gasteiger partial charge in [-0.1, -0.05) is 19.1 Å². The van der Waals surface area contributed by atoms with Crippen molar-refractivity contribution in [3.05, 3.63) is 29.8 Å². The second-order valence-electron chi connectivity index (χ2n) is 9.10. The fraction of sp³-hybridized carbons (Fsp3) is 0.682. The van der Waals surface area contributed by atoms with E-state index < -0.39 is 9.84 Å². The normalized spacial score (nSPS) is 32.5. The first-order chi connectivity index (χ1) is 13.9. The second kappa shape index (κ2) is 8.74. The minimum Gasteiger partial charge on any atom is -0.351 e. The van der Waals surface area contributed by atoms with Gasteiger partial charge in [0.25, 0.3) is 0 Å². The maximum absolute atomic E-state index is 12.9. The molecule has 1 saturated carbocycles. The van der Waals surface area contributed by atoms with Gasteiger partial charge in [-0.05, 0) is 81.1 Å². The summed E-state index contributed by atoms with van der Waals surface area (Å²) in [6, 6.07) is 7.36. The van der Waals surface area contributed by atoms with E-state index in [1.54, 1.807) is 12.1 Å². The Bertz CT molecular complexity index is 802. The number of carbonyl (C=O) groups excluding carboxylic acids is 1. The fourth-order valence-corrected chi connectivity index (χ4v) is 6.84. The molecule has 1 aromatic carbocycles. The average Bonchev–Trinajstić information content (AvgIpc) is 3.17. The molecule has 4 rings (SSSR count). The molecule has 2 saturated heterocycles. The van der Waals surface area contributed by atoms with E-state index in [2.05, 4.69) is 22.9 Å². The number of hydrogen-bond donors (Lipinski definition) is 3. The Labute approximate surface area is 174 Å². The van der Waals surface area contributed by atoms with Crippen molar-refractivity contribution in [2.24, 2.45) is 11.8 Å². The Balaban J connectivity index is 1.31. The Morgan fingerprint density at radius 1 is 1.10 bits per heavy atom. The van der Waals surface area contributed by atoms with E-state index in [1.165, 1.54) is 0 Å². The van der Waals surface area contributed by atoms with E-state index in [1.807, 2.05) is 12.1 Å². The van der Waals surface area contributed by atoms with Crippen LogP contribution < -0.4 is 16.0 Å². The Morgan fingerprint density at radius 3 is 2.52 bits per heavy atom. The molecule has 6 nitrogen and oxygen atoms in total. The molecule has 29 heavy (non-hydrogen) atoms. The van der Waals surface area contributed by atoms with Gasteiger partial charge in [-0.25, -0.2) is 8.42 Å². The predicted octanol–water partition coefficient (Wildman–Crippen LogP) is 2.00. The number of hydrogen-bond acceptors (Lipinski definition) is 5. The maximum Gasteiger partial charge on any atom is 0.237 e. The minimum atomic E-state index is -3.26. The molecule has 3 fully saturated rings. The van der Waals surface area contributed by atoms with Gasteiger partial charge in [-0.3, -0.25) is 4.79 Å². The van der Waals surface area contributed by atoms with Gasteiger partial charge in [-0.15, -0.1) is 0 Å². The molecule has 0 spiro atoms. The van der Waals surface area contributed by atoms with Gasteiger partial charge in [0.15, 0.2) is 9.84 Å². The number of fused-ring (bicyclic) bond motifs is 1. The van der Waals surface area contributed by atoms with E-state index in [4.69, 9.17) is 0 Å². The molecule has 0 radical (unpaired) electrons. The fourth-order valence-electron chi connectivity index (χ4n) is 5.04. The summed E-state index contributed by atoms with van der Waals surface area (Å²) < 4.78 is 25.8. The van der Waals surface area contributed by atoms with Crippen molar-refractivity contribution in [1.82, 2.24) is 16.0 Å². The third-order valence-corrected chi connectivity index (χ3v) is 9.28. The van der Waals surface area contributed by atoms with E-state index in [9.17, 15) is 13.2 Å². The first-order valence-corrected chi connectivity index (χ1v) is 12.6. The average molecular weight is 420 g/mol. The number of piperidine rings is 1. The molecule has 1 aliphatic carbocycles. The zero-order valence-electron chi connectivity index (χ0n) is 17.2. The van der Waals surface area contributed by atoms with Crippen LogP contribution in [0.4, 0.5) is 0 Å².